The van der Waals surface area contributed by atoms with E-state index in [1.165, 1.54) is 30.3 Å². The highest BCUT2D eigenvalue weighted by Gasteiger charge is 2.40. The summed E-state index contributed by atoms with van der Waals surface area (Å²) in [5, 5.41) is 0.473. The second-order valence-electron chi connectivity index (χ2n) is 9.04. The van der Waals surface area contributed by atoms with Gasteiger partial charge in [0.25, 0.3) is 5.76 Å². The van der Waals surface area contributed by atoms with Crippen LogP contribution in [-0.2, 0) is 18.2 Å². The van der Waals surface area contributed by atoms with Crippen LogP contribution in [0.5, 0.6) is 17.2 Å². The molecule has 4 rings (SSSR count). The third kappa shape index (κ3) is 5.62. The van der Waals surface area contributed by atoms with Gasteiger partial charge in [-0.3, -0.25) is 4.79 Å². The van der Waals surface area contributed by atoms with E-state index in [1.807, 2.05) is 20.8 Å². The minimum Gasteiger partial charge on any atom is -0.489 e. The van der Waals surface area contributed by atoms with Gasteiger partial charge in [-0.2, -0.15) is 13.2 Å². The fourth-order valence-electron chi connectivity index (χ4n) is 3.46. The molecule has 0 saturated carbocycles. The highest BCUT2D eigenvalue weighted by Crippen LogP contribution is 2.39. The standard InChI is InChI=1S/C27H22ClF3O4/c1-26(2,3)17-7-9-19(10-8-17)34-24-23(32)21-12-11-20(14-22(21)35-25(24)27(29,30)31)33-15-16-5-4-6-18(28)13-16/h4-14H,15H2,1-3H3. The molecule has 0 amide bonds. The minimum absolute atomic E-state index is 0.0607. The molecule has 0 spiro atoms. The normalized spacial score (nSPS) is 12.1. The van der Waals surface area contributed by atoms with Gasteiger partial charge in [0.05, 0.1) is 5.39 Å². The van der Waals surface area contributed by atoms with Crippen molar-refractivity contribution in [1.82, 2.24) is 0 Å². The van der Waals surface area contributed by atoms with Gasteiger partial charge in [0.2, 0.25) is 11.2 Å². The fraction of sp³-hybridized carbons (Fsp3) is 0.222. The molecule has 182 valence electrons. The van der Waals surface area contributed by atoms with Crippen LogP contribution in [0.3, 0.4) is 0 Å². The van der Waals surface area contributed by atoms with E-state index in [9.17, 15) is 18.0 Å². The predicted molar refractivity (Wildman–Crippen MR) is 128 cm³/mol. The topological polar surface area (TPSA) is 48.7 Å². The predicted octanol–water partition coefficient (Wildman–Crippen LogP) is 8.13. The minimum atomic E-state index is -4.95. The maximum atomic E-state index is 13.8. The van der Waals surface area contributed by atoms with Crippen molar-refractivity contribution in [2.45, 2.75) is 39.0 Å². The quantitative estimate of drug-likeness (QED) is 0.276. The zero-order chi connectivity index (χ0) is 25.4. The molecule has 4 nitrogen and oxygen atoms in total. The van der Waals surface area contributed by atoms with Gasteiger partial charge in [-0.1, -0.05) is 56.6 Å². The van der Waals surface area contributed by atoms with Crippen molar-refractivity contribution in [3.05, 3.63) is 98.9 Å². The average molecular weight is 503 g/mol. The lowest BCUT2D eigenvalue weighted by Crippen LogP contribution is -2.15. The van der Waals surface area contributed by atoms with E-state index >= 15 is 0 Å². The number of rotatable bonds is 5. The lowest BCUT2D eigenvalue weighted by atomic mass is 9.87. The van der Waals surface area contributed by atoms with E-state index in [1.54, 1.807) is 36.4 Å². The molecule has 35 heavy (non-hydrogen) atoms. The van der Waals surface area contributed by atoms with Gasteiger partial charge in [0, 0.05) is 11.1 Å². The second-order valence-corrected chi connectivity index (χ2v) is 9.48. The Labute approximate surface area is 204 Å². The Morgan fingerprint density at radius 3 is 2.23 bits per heavy atom. The van der Waals surface area contributed by atoms with Gasteiger partial charge in [-0.15, -0.1) is 0 Å². The third-order valence-electron chi connectivity index (χ3n) is 5.31. The molecule has 0 saturated heterocycles. The molecule has 0 radical (unpaired) electrons. The van der Waals surface area contributed by atoms with Crippen molar-refractivity contribution in [2.24, 2.45) is 0 Å². The van der Waals surface area contributed by atoms with Crippen LogP contribution in [-0.4, -0.2) is 0 Å². The van der Waals surface area contributed by atoms with E-state index < -0.39 is 23.1 Å². The molecule has 3 aromatic carbocycles. The molecule has 8 heteroatoms. The summed E-state index contributed by atoms with van der Waals surface area (Å²) in [4.78, 5) is 13.0. The second kappa shape index (κ2) is 9.30. The molecule has 0 N–H and O–H groups in total. The van der Waals surface area contributed by atoms with Crippen molar-refractivity contribution in [2.75, 3.05) is 0 Å². The van der Waals surface area contributed by atoms with Crippen LogP contribution < -0.4 is 14.9 Å². The van der Waals surface area contributed by atoms with E-state index in [0.29, 0.717) is 5.02 Å². The van der Waals surface area contributed by atoms with Crippen molar-refractivity contribution in [1.29, 1.82) is 0 Å². The monoisotopic (exact) mass is 502 g/mol. The van der Waals surface area contributed by atoms with Crippen LogP contribution in [0, 0.1) is 0 Å². The first-order chi connectivity index (χ1) is 16.4. The van der Waals surface area contributed by atoms with Crippen molar-refractivity contribution in [3.63, 3.8) is 0 Å². The number of ether oxygens (including phenoxy) is 2. The van der Waals surface area contributed by atoms with Gasteiger partial charge in [0.15, 0.2) is 0 Å². The van der Waals surface area contributed by atoms with Crippen molar-refractivity contribution in [3.8, 4) is 17.2 Å². The maximum absolute atomic E-state index is 13.8. The van der Waals surface area contributed by atoms with Gasteiger partial charge in [0.1, 0.15) is 23.7 Å². The summed E-state index contributed by atoms with van der Waals surface area (Å²) in [7, 11) is 0. The number of benzene rings is 3. The highest BCUT2D eigenvalue weighted by molar-refractivity contribution is 6.30. The van der Waals surface area contributed by atoms with Crippen LogP contribution in [0.4, 0.5) is 13.2 Å². The fourth-order valence-corrected chi connectivity index (χ4v) is 3.67. The van der Waals surface area contributed by atoms with Gasteiger partial charge < -0.3 is 13.9 Å². The van der Waals surface area contributed by atoms with E-state index in [2.05, 4.69) is 0 Å². The highest BCUT2D eigenvalue weighted by atomic mass is 35.5. The molecule has 4 aromatic rings. The first-order valence-corrected chi connectivity index (χ1v) is 11.1. The summed E-state index contributed by atoms with van der Waals surface area (Å²) in [5.41, 5.74) is 0.402. The molecule has 1 heterocycles. The Morgan fingerprint density at radius 2 is 1.60 bits per heavy atom. The van der Waals surface area contributed by atoms with Crippen molar-refractivity contribution < 1.29 is 27.1 Å². The molecule has 0 fully saturated rings. The zero-order valence-electron chi connectivity index (χ0n) is 19.2. The van der Waals surface area contributed by atoms with E-state index in [4.69, 9.17) is 25.5 Å². The Bertz CT molecular complexity index is 1420. The van der Waals surface area contributed by atoms with Gasteiger partial charge >= 0.3 is 6.18 Å². The van der Waals surface area contributed by atoms with Crippen LogP contribution in [0.1, 0.15) is 37.7 Å². The molecule has 0 bridgehead atoms. The maximum Gasteiger partial charge on any atom is 0.453 e. The molecule has 0 aliphatic rings. The molecular weight excluding hydrogens is 481 g/mol. The Morgan fingerprint density at radius 1 is 0.914 bits per heavy atom. The molecule has 0 unspecified atom stereocenters. The lowest BCUT2D eigenvalue weighted by molar-refractivity contribution is -0.154. The molecular formula is C27H22ClF3O4. The SMILES string of the molecule is CC(C)(C)c1ccc(Oc2c(C(F)(F)F)oc3cc(OCc4cccc(Cl)c4)ccc3c2=O)cc1. The number of hydrogen-bond donors (Lipinski definition) is 0. The number of fused-ring (bicyclic) bond motifs is 1. The van der Waals surface area contributed by atoms with Crippen LogP contribution in [0.15, 0.2) is 75.9 Å². The number of hydrogen-bond acceptors (Lipinski definition) is 4. The Kier molecular flexibility index (Phi) is 6.56. The Balaban J connectivity index is 1.69. The Hall–Kier alpha value is -3.45. The van der Waals surface area contributed by atoms with Gasteiger partial charge in [-0.25, -0.2) is 0 Å². The molecule has 0 atom stereocenters. The molecule has 0 aliphatic heterocycles. The summed E-state index contributed by atoms with van der Waals surface area (Å²) in [6, 6.07) is 17.6. The summed E-state index contributed by atoms with van der Waals surface area (Å²) in [6.45, 7) is 6.16. The smallest absolute Gasteiger partial charge is 0.453 e. The molecule has 0 aliphatic carbocycles. The van der Waals surface area contributed by atoms with Crippen molar-refractivity contribution >= 4 is 22.6 Å². The van der Waals surface area contributed by atoms with Gasteiger partial charge in [-0.05, 0) is 52.9 Å². The van der Waals surface area contributed by atoms with Crippen LogP contribution in [0.25, 0.3) is 11.0 Å². The van der Waals surface area contributed by atoms with E-state index in [0.717, 1.165) is 11.1 Å². The summed E-state index contributed by atoms with van der Waals surface area (Å²) in [5.74, 6) is -2.10. The lowest BCUT2D eigenvalue weighted by Gasteiger charge is -2.19. The summed E-state index contributed by atoms with van der Waals surface area (Å²) >= 11 is 5.96. The number of halogens is 4. The zero-order valence-corrected chi connectivity index (χ0v) is 20.0. The third-order valence-corrected chi connectivity index (χ3v) is 5.55. The molecule has 1 aromatic heterocycles. The van der Waals surface area contributed by atoms with Crippen LogP contribution in [0.2, 0.25) is 5.02 Å². The first-order valence-electron chi connectivity index (χ1n) is 10.8. The number of alkyl halides is 3. The first kappa shape index (κ1) is 24.7. The largest absolute Gasteiger partial charge is 0.489 e. The average Bonchev–Trinajstić information content (AvgIpc) is 2.78. The summed E-state index contributed by atoms with van der Waals surface area (Å²) < 4.78 is 57.7. The van der Waals surface area contributed by atoms with E-state index in [-0.39, 0.29) is 34.5 Å². The van der Waals surface area contributed by atoms with Crippen LogP contribution >= 0.6 is 11.6 Å². The summed E-state index contributed by atoms with van der Waals surface area (Å²) in [6.07, 6.45) is -4.95.